The van der Waals surface area contributed by atoms with Crippen LogP contribution in [0, 0.1) is 0 Å². The molecule has 0 amide bonds. The van der Waals surface area contributed by atoms with E-state index < -0.39 is 0 Å². The minimum Gasteiger partial charge on any atom is -0.497 e. The fourth-order valence-corrected chi connectivity index (χ4v) is 1.08. The predicted octanol–water partition coefficient (Wildman–Crippen LogP) is 3.01. The highest BCUT2D eigenvalue weighted by atomic mass is 16.5. The second-order valence-corrected chi connectivity index (χ2v) is 3.38. The Morgan fingerprint density at radius 2 is 1.86 bits per heavy atom. The summed E-state index contributed by atoms with van der Waals surface area (Å²) in [5, 5.41) is 0. The van der Waals surface area contributed by atoms with E-state index in [1.165, 1.54) is 5.56 Å². The third-order valence-corrected chi connectivity index (χ3v) is 2.27. The molecule has 0 spiro atoms. The van der Waals surface area contributed by atoms with Gasteiger partial charge in [0.2, 0.25) is 0 Å². The van der Waals surface area contributed by atoms with Crippen molar-refractivity contribution in [3.05, 3.63) is 29.8 Å². The highest BCUT2D eigenvalue weighted by Gasteiger charge is 1.99. The van der Waals surface area contributed by atoms with Gasteiger partial charge in [-0.3, -0.25) is 0 Å². The molecule has 0 saturated carbocycles. The van der Waals surface area contributed by atoms with E-state index in [0.29, 0.717) is 12.7 Å². The third-order valence-electron chi connectivity index (χ3n) is 2.27. The number of benzene rings is 1. The summed E-state index contributed by atoms with van der Waals surface area (Å²) in [7, 11) is 1.67. The molecule has 78 valence electrons. The molecule has 2 heteroatoms. The molecule has 0 N–H and O–H groups in total. The maximum atomic E-state index is 5.61. The van der Waals surface area contributed by atoms with Crippen LogP contribution in [0.1, 0.15) is 25.8 Å². The molecule has 0 bridgehead atoms. The minimum atomic E-state index is 0.331. The van der Waals surface area contributed by atoms with Crippen LogP contribution in [0.3, 0.4) is 0 Å². The molecule has 0 aliphatic rings. The SMILES string of the molecule is CC[C@@H](C)OCc1ccc(OC)cc1. The van der Waals surface area contributed by atoms with Gasteiger partial charge in [0, 0.05) is 0 Å². The highest BCUT2D eigenvalue weighted by molar-refractivity contribution is 5.26. The molecular weight excluding hydrogens is 176 g/mol. The van der Waals surface area contributed by atoms with Crippen LogP contribution in [-0.2, 0) is 11.3 Å². The van der Waals surface area contributed by atoms with E-state index in [1.54, 1.807) is 7.11 Å². The number of methoxy groups -OCH3 is 1. The average Bonchev–Trinajstić information content (AvgIpc) is 2.26. The maximum absolute atomic E-state index is 5.61. The molecule has 1 aromatic rings. The van der Waals surface area contributed by atoms with Gasteiger partial charge in [0.05, 0.1) is 19.8 Å². The monoisotopic (exact) mass is 194 g/mol. The van der Waals surface area contributed by atoms with Crippen LogP contribution in [0.5, 0.6) is 5.75 Å². The van der Waals surface area contributed by atoms with Gasteiger partial charge in [0.1, 0.15) is 5.75 Å². The van der Waals surface area contributed by atoms with Crippen LogP contribution in [-0.4, -0.2) is 13.2 Å². The topological polar surface area (TPSA) is 18.5 Å². The zero-order valence-electron chi connectivity index (χ0n) is 9.12. The van der Waals surface area contributed by atoms with Crippen LogP contribution in [0.15, 0.2) is 24.3 Å². The van der Waals surface area contributed by atoms with Gasteiger partial charge >= 0.3 is 0 Å². The lowest BCUT2D eigenvalue weighted by Crippen LogP contribution is -2.05. The van der Waals surface area contributed by atoms with Crippen molar-refractivity contribution in [2.24, 2.45) is 0 Å². The molecule has 0 fully saturated rings. The normalized spacial score (nSPS) is 12.5. The highest BCUT2D eigenvalue weighted by Crippen LogP contribution is 2.12. The van der Waals surface area contributed by atoms with Gasteiger partial charge in [-0.1, -0.05) is 19.1 Å². The Morgan fingerprint density at radius 1 is 1.21 bits per heavy atom. The van der Waals surface area contributed by atoms with E-state index in [2.05, 4.69) is 13.8 Å². The fraction of sp³-hybridized carbons (Fsp3) is 0.500. The van der Waals surface area contributed by atoms with E-state index in [-0.39, 0.29) is 0 Å². The first-order chi connectivity index (χ1) is 6.76. The lowest BCUT2D eigenvalue weighted by Gasteiger charge is -2.10. The molecule has 0 radical (unpaired) electrons. The van der Waals surface area contributed by atoms with Crippen molar-refractivity contribution in [2.75, 3.05) is 7.11 Å². The Hall–Kier alpha value is -1.02. The predicted molar refractivity (Wildman–Crippen MR) is 57.5 cm³/mol. The Bertz CT molecular complexity index is 254. The average molecular weight is 194 g/mol. The summed E-state index contributed by atoms with van der Waals surface area (Å²) in [6, 6.07) is 7.97. The van der Waals surface area contributed by atoms with Crippen LogP contribution in [0.25, 0.3) is 0 Å². The van der Waals surface area contributed by atoms with Crippen LogP contribution in [0.4, 0.5) is 0 Å². The molecule has 0 unspecified atom stereocenters. The van der Waals surface area contributed by atoms with Crippen LogP contribution < -0.4 is 4.74 Å². The summed E-state index contributed by atoms with van der Waals surface area (Å²) in [5.74, 6) is 0.886. The molecule has 0 heterocycles. The van der Waals surface area contributed by atoms with Gasteiger partial charge in [-0.15, -0.1) is 0 Å². The number of ether oxygens (including phenoxy) is 2. The van der Waals surface area contributed by atoms with E-state index in [1.807, 2.05) is 24.3 Å². The van der Waals surface area contributed by atoms with E-state index in [0.717, 1.165) is 12.2 Å². The number of rotatable bonds is 5. The van der Waals surface area contributed by atoms with Crippen LogP contribution >= 0.6 is 0 Å². The Balaban J connectivity index is 2.43. The lowest BCUT2D eigenvalue weighted by atomic mass is 10.2. The Kier molecular flexibility index (Phi) is 4.47. The quantitative estimate of drug-likeness (QED) is 0.717. The van der Waals surface area contributed by atoms with E-state index >= 15 is 0 Å². The first kappa shape index (κ1) is 11.1. The molecule has 1 atom stereocenters. The van der Waals surface area contributed by atoms with Gasteiger partial charge < -0.3 is 9.47 Å². The molecule has 0 saturated heterocycles. The molecule has 0 aromatic heterocycles. The van der Waals surface area contributed by atoms with Crippen molar-refractivity contribution < 1.29 is 9.47 Å². The Morgan fingerprint density at radius 3 is 2.36 bits per heavy atom. The summed E-state index contributed by atoms with van der Waals surface area (Å²) < 4.78 is 10.7. The zero-order valence-corrected chi connectivity index (χ0v) is 9.12. The van der Waals surface area contributed by atoms with Crippen molar-refractivity contribution in [3.8, 4) is 5.75 Å². The minimum absolute atomic E-state index is 0.331. The molecular formula is C12H18O2. The van der Waals surface area contributed by atoms with Crippen LogP contribution in [0.2, 0.25) is 0 Å². The third kappa shape index (κ3) is 3.38. The van der Waals surface area contributed by atoms with Gasteiger partial charge in [0.25, 0.3) is 0 Å². The lowest BCUT2D eigenvalue weighted by molar-refractivity contribution is 0.0508. The molecule has 1 rings (SSSR count). The zero-order chi connectivity index (χ0) is 10.4. The summed E-state index contributed by atoms with van der Waals surface area (Å²) in [6.07, 6.45) is 1.38. The first-order valence-corrected chi connectivity index (χ1v) is 5.00. The molecule has 0 aliphatic carbocycles. The largest absolute Gasteiger partial charge is 0.497 e. The Labute approximate surface area is 85.8 Å². The first-order valence-electron chi connectivity index (χ1n) is 5.00. The van der Waals surface area contributed by atoms with Crippen molar-refractivity contribution in [1.82, 2.24) is 0 Å². The van der Waals surface area contributed by atoms with E-state index in [9.17, 15) is 0 Å². The number of hydrogen-bond acceptors (Lipinski definition) is 2. The van der Waals surface area contributed by atoms with Crippen molar-refractivity contribution in [2.45, 2.75) is 33.0 Å². The van der Waals surface area contributed by atoms with Crippen molar-refractivity contribution in [3.63, 3.8) is 0 Å². The molecule has 0 aliphatic heterocycles. The summed E-state index contributed by atoms with van der Waals surface area (Å²) in [5.41, 5.74) is 1.19. The number of hydrogen-bond donors (Lipinski definition) is 0. The molecule has 2 nitrogen and oxygen atoms in total. The standard InChI is InChI=1S/C12H18O2/c1-4-10(2)14-9-11-5-7-12(13-3)8-6-11/h5-8,10H,4,9H2,1-3H3/t10-/m1/s1. The van der Waals surface area contributed by atoms with Crippen molar-refractivity contribution in [1.29, 1.82) is 0 Å². The summed E-state index contributed by atoms with van der Waals surface area (Å²) in [4.78, 5) is 0. The smallest absolute Gasteiger partial charge is 0.118 e. The molecule has 1 aromatic carbocycles. The second kappa shape index (κ2) is 5.66. The van der Waals surface area contributed by atoms with Gasteiger partial charge in [-0.25, -0.2) is 0 Å². The molecule has 14 heavy (non-hydrogen) atoms. The maximum Gasteiger partial charge on any atom is 0.118 e. The van der Waals surface area contributed by atoms with E-state index in [4.69, 9.17) is 9.47 Å². The van der Waals surface area contributed by atoms with Gasteiger partial charge in [-0.2, -0.15) is 0 Å². The fourth-order valence-electron chi connectivity index (χ4n) is 1.08. The summed E-state index contributed by atoms with van der Waals surface area (Å²) >= 11 is 0. The summed E-state index contributed by atoms with van der Waals surface area (Å²) in [6.45, 7) is 4.89. The second-order valence-electron chi connectivity index (χ2n) is 3.38. The van der Waals surface area contributed by atoms with Crippen molar-refractivity contribution >= 4 is 0 Å². The van der Waals surface area contributed by atoms with Gasteiger partial charge in [-0.05, 0) is 31.0 Å². The van der Waals surface area contributed by atoms with Gasteiger partial charge in [0.15, 0.2) is 0 Å².